The van der Waals surface area contributed by atoms with Gasteiger partial charge in [-0.2, -0.15) is 0 Å². The van der Waals surface area contributed by atoms with Crippen LogP contribution in [-0.2, 0) is 9.53 Å². The smallest absolute Gasteiger partial charge is 0.313 e. The van der Waals surface area contributed by atoms with Crippen LogP contribution in [0.2, 0.25) is 0 Å². The fourth-order valence-corrected chi connectivity index (χ4v) is 1.28. The fourth-order valence-electron chi connectivity index (χ4n) is 1.28. The molecule has 1 aliphatic carbocycles. The minimum atomic E-state index is -0.405. The molecule has 0 amide bonds. The van der Waals surface area contributed by atoms with Crippen LogP contribution in [0.5, 0.6) is 0 Å². The Morgan fingerprint density at radius 1 is 1.46 bits per heavy atom. The topological polar surface area (TPSA) is 52.3 Å². The van der Waals surface area contributed by atoms with Crippen molar-refractivity contribution in [3.8, 4) is 0 Å². The number of hydrogen-bond donors (Lipinski definition) is 1. The number of esters is 1. The monoisotopic (exact) mass is 183 g/mol. The Hall–Kier alpha value is -0.830. The van der Waals surface area contributed by atoms with Crippen LogP contribution in [0.15, 0.2) is 12.2 Å². The lowest BCUT2D eigenvalue weighted by atomic mass is 10.1. The molecule has 0 aromatic heterocycles. The summed E-state index contributed by atoms with van der Waals surface area (Å²) < 4.78 is 5.22. The number of carbonyl (C=O) groups is 1. The van der Waals surface area contributed by atoms with Gasteiger partial charge in [-0.3, -0.25) is 4.79 Å². The molecule has 0 spiro atoms. The zero-order valence-electron chi connectivity index (χ0n) is 8.41. The van der Waals surface area contributed by atoms with Crippen molar-refractivity contribution in [3.05, 3.63) is 12.2 Å². The van der Waals surface area contributed by atoms with E-state index in [0.717, 1.165) is 0 Å². The zero-order valence-corrected chi connectivity index (χ0v) is 8.41. The first-order valence-electron chi connectivity index (χ1n) is 4.55. The first kappa shape index (κ1) is 10.3. The van der Waals surface area contributed by atoms with Gasteiger partial charge in [-0.1, -0.05) is 12.2 Å². The average Bonchev–Trinajstić information content (AvgIpc) is 2.31. The number of carbonyl (C=O) groups excluding carboxylic acids is 1. The molecular formula is C10H17NO2. The molecule has 0 saturated heterocycles. The summed E-state index contributed by atoms with van der Waals surface area (Å²) in [7, 11) is 0. The van der Waals surface area contributed by atoms with Crippen LogP contribution in [0.3, 0.4) is 0 Å². The molecule has 0 fully saturated rings. The molecule has 0 bridgehead atoms. The van der Waals surface area contributed by atoms with Crippen molar-refractivity contribution < 1.29 is 9.53 Å². The average molecular weight is 183 g/mol. The highest BCUT2D eigenvalue weighted by molar-refractivity contribution is 5.75. The van der Waals surface area contributed by atoms with E-state index in [1.165, 1.54) is 0 Å². The van der Waals surface area contributed by atoms with Gasteiger partial charge in [-0.05, 0) is 27.2 Å². The van der Waals surface area contributed by atoms with E-state index in [0.29, 0.717) is 6.42 Å². The molecule has 0 aromatic rings. The van der Waals surface area contributed by atoms with Crippen LogP contribution in [-0.4, -0.2) is 17.6 Å². The first-order valence-corrected chi connectivity index (χ1v) is 4.55. The van der Waals surface area contributed by atoms with Gasteiger partial charge in [-0.25, -0.2) is 0 Å². The third kappa shape index (κ3) is 3.19. The van der Waals surface area contributed by atoms with E-state index in [4.69, 9.17) is 10.5 Å². The second-order valence-corrected chi connectivity index (χ2v) is 4.42. The molecule has 0 radical (unpaired) electrons. The standard InChI is InChI=1S/C10H17NO2/c1-10(2,3)13-9(12)7-4-5-8(11)6-7/h4-5,7-8H,6,11H2,1-3H3/t7-,8-/m1/s1. The molecule has 74 valence electrons. The number of hydrogen-bond acceptors (Lipinski definition) is 3. The minimum Gasteiger partial charge on any atom is -0.460 e. The Kier molecular flexibility index (Phi) is 2.76. The van der Waals surface area contributed by atoms with Crippen LogP contribution >= 0.6 is 0 Å². The summed E-state index contributed by atoms with van der Waals surface area (Å²) in [5.74, 6) is -0.314. The molecule has 1 aliphatic rings. The maximum absolute atomic E-state index is 11.5. The number of rotatable bonds is 1. The van der Waals surface area contributed by atoms with Crippen LogP contribution in [0.25, 0.3) is 0 Å². The molecule has 0 saturated carbocycles. The molecule has 13 heavy (non-hydrogen) atoms. The molecular weight excluding hydrogens is 166 g/mol. The third-order valence-corrected chi connectivity index (χ3v) is 1.83. The Morgan fingerprint density at radius 3 is 2.46 bits per heavy atom. The third-order valence-electron chi connectivity index (χ3n) is 1.83. The second kappa shape index (κ2) is 3.50. The second-order valence-electron chi connectivity index (χ2n) is 4.42. The van der Waals surface area contributed by atoms with Gasteiger partial charge >= 0.3 is 5.97 Å². The largest absolute Gasteiger partial charge is 0.460 e. The van der Waals surface area contributed by atoms with Crippen LogP contribution in [0.4, 0.5) is 0 Å². The molecule has 3 nitrogen and oxygen atoms in total. The molecule has 2 atom stereocenters. The highest BCUT2D eigenvalue weighted by atomic mass is 16.6. The van der Waals surface area contributed by atoms with Gasteiger partial charge in [0.25, 0.3) is 0 Å². The Labute approximate surface area is 78.9 Å². The first-order chi connectivity index (χ1) is 5.88. The van der Waals surface area contributed by atoms with Crippen molar-refractivity contribution in [2.24, 2.45) is 11.7 Å². The van der Waals surface area contributed by atoms with Crippen LogP contribution in [0.1, 0.15) is 27.2 Å². The van der Waals surface area contributed by atoms with Gasteiger partial charge in [0.15, 0.2) is 0 Å². The fraction of sp³-hybridized carbons (Fsp3) is 0.700. The highest BCUT2D eigenvalue weighted by Gasteiger charge is 2.27. The molecule has 1 rings (SSSR count). The summed E-state index contributed by atoms with van der Waals surface area (Å²) in [6.07, 6.45) is 4.36. The maximum atomic E-state index is 11.5. The van der Waals surface area contributed by atoms with Gasteiger partial charge in [-0.15, -0.1) is 0 Å². The van der Waals surface area contributed by atoms with Crippen molar-refractivity contribution in [2.45, 2.75) is 38.8 Å². The van der Waals surface area contributed by atoms with Crippen molar-refractivity contribution >= 4 is 5.97 Å². The maximum Gasteiger partial charge on any atom is 0.313 e. The van der Waals surface area contributed by atoms with Crippen molar-refractivity contribution in [1.29, 1.82) is 0 Å². The Bertz CT molecular complexity index is 228. The van der Waals surface area contributed by atoms with Gasteiger partial charge in [0.1, 0.15) is 5.60 Å². The van der Waals surface area contributed by atoms with Gasteiger partial charge in [0, 0.05) is 6.04 Å². The lowest BCUT2D eigenvalue weighted by Gasteiger charge is -2.21. The molecule has 0 heterocycles. The Morgan fingerprint density at radius 2 is 2.08 bits per heavy atom. The van der Waals surface area contributed by atoms with E-state index in [2.05, 4.69) is 0 Å². The predicted octanol–water partition coefficient (Wildman–Crippen LogP) is 1.23. The normalized spacial score (nSPS) is 27.7. The quantitative estimate of drug-likeness (QED) is 0.491. The van der Waals surface area contributed by atoms with Crippen molar-refractivity contribution in [2.75, 3.05) is 0 Å². The number of nitrogens with two attached hydrogens (primary N) is 1. The van der Waals surface area contributed by atoms with E-state index < -0.39 is 5.60 Å². The lowest BCUT2D eigenvalue weighted by molar-refractivity contribution is -0.158. The van der Waals surface area contributed by atoms with Crippen LogP contribution in [0, 0.1) is 5.92 Å². The zero-order chi connectivity index (χ0) is 10.1. The van der Waals surface area contributed by atoms with E-state index in [1.807, 2.05) is 32.9 Å². The van der Waals surface area contributed by atoms with Gasteiger partial charge in [0.05, 0.1) is 5.92 Å². The predicted molar refractivity (Wildman–Crippen MR) is 51.1 cm³/mol. The summed E-state index contributed by atoms with van der Waals surface area (Å²) in [4.78, 5) is 11.5. The molecule has 0 unspecified atom stereocenters. The highest BCUT2D eigenvalue weighted by Crippen LogP contribution is 2.20. The molecule has 0 aliphatic heterocycles. The SMILES string of the molecule is CC(C)(C)OC(=O)[C@@H]1C=C[C@@H](N)C1. The number of ether oxygens (including phenoxy) is 1. The minimum absolute atomic E-state index is 0.0116. The van der Waals surface area contributed by atoms with Crippen LogP contribution < -0.4 is 5.73 Å². The molecule has 0 aromatic carbocycles. The van der Waals surface area contributed by atoms with E-state index >= 15 is 0 Å². The van der Waals surface area contributed by atoms with Gasteiger partial charge in [0.2, 0.25) is 0 Å². The lowest BCUT2D eigenvalue weighted by Crippen LogP contribution is -2.28. The van der Waals surface area contributed by atoms with E-state index in [-0.39, 0.29) is 17.9 Å². The summed E-state index contributed by atoms with van der Waals surface area (Å²) in [5.41, 5.74) is 5.23. The van der Waals surface area contributed by atoms with E-state index in [9.17, 15) is 4.79 Å². The summed E-state index contributed by atoms with van der Waals surface area (Å²) in [5, 5.41) is 0. The van der Waals surface area contributed by atoms with Crippen molar-refractivity contribution in [3.63, 3.8) is 0 Å². The summed E-state index contributed by atoms with van der Waals surface area (Å²) >= 11 is 0. The van der Waals surface area contributed by atoms with E-state index in [1.54, 1.807) is 0 Å². The Balaban J connectivity index is 2.46. The van der Waals surface area contributed by atoms with Gasteiger partial charge < -0.3 is 10.5 Å². The summed E-state index contributed by atoms with van der Waals surface area (Å²) in [6, 6.07) is 0.0116. The van der Waals surface area contributed by atoms with Crippen molar-refractivity contribution in [1.82, 2.24) is 0 Å². The molecule has 2 N–H and O–H groups in total. The molecule has 3 heteroatoms. The summed E-state index contributed by atoms with van der Waals surface area (Å²) in [6.45, 7) is 5.59.